The summed E-state index contributed by atoms with van der Waals surface area (Å²) in [5.41, 5.74) is 3.84. The quantitative estimate of drug-likeness (QED) is 0.217. The molecule has 1 saturated carbocycles. The number of pyridine rings is 1. The number of carbonyl (C=O) groups excluding carboxylic acids is 1. The lowest BCUT2D eigenvalue weighted by Crippen LogP contribution is -2.51. The molecule has 10 nitrogen and oxygen atoms in total. The molecule has 0 bridgehead atoms. The predicted octanol–water partition coefficient (Wildman–Crippen LogP) is 5.71. The van der Waals surface area contributed by atoms with Gasteiger partial charge in [0.15, 0.2) is 5.82 Å². The van der Waals surface area contributed by atoms with Crippen LogP contribution < -0.4 is 10.2 Å². The average Bonchev–Trinajstić information content (AvgIpc) is 3.71. The van der Waals surface area contributed by atoms with Gasteiger partial charge in [0.25, 0.3) is 5.91 Å². The molecule has 44 heavy (non-hydrogen) atoms. The maximum Gasteiger partial charge on any atom is 0.327 e. The number of guanidine groups is 1. The first-order valence-electron chi connectivity index (χ1n) is 14.5. The number of carbonyl (C=O) groups is 2. The number of hydrogen-bond acceptors (Lipinski definition) is 7. The Labute approximate surface area is 254 Å². The van der Waals surface area contributed by atoms with Crippen LogP contribution in [0.15, 0.2) is 89.9 Å². The molecule has 0 saturated heterocycles. The van der Waals surface area contributed by atoms with Crippen molar-refractivity contribution in [3.63, 3.8) is 0 Å². The van der Waals surface area contributed by atoms with E-state index in [1.54, 1.807) is 31.0 Å². The number of nitrogens with one attached hydrogen (secondary N) is 1. The number of hydrogen-bond donors (Lipinski definition) is 2. The zero-order chi connectivity index (χ0) is 30.8. The minimum absolute atomic E-state index is 0.118. The molecule has 4 heterocycles. The fourth-order valence-corrected chi connectivity index (χ4v) is 5.87. The molecule has 2 atom stereocenters. The van der Waals surface area contributed by atoms with Crippen molar-refractivity contribution in [2.45, 2.75) is 44.8 Å². The molecule has 0 radical (unpaired) electrons. The van der Waals surface area contributed by atoms with Gasteiger partial charge in [0.05, 0.1) is 24.3 Å². The van der Waals surface area contributed by atoms with Crippen molar-refractivity contribution < 1.29 is 19.1 Å². The highest BCUT2D eigenvalue weighted by atomic mass is 19.1. The number of carboxylic acids is 1. The number of halogens is 1. The van der Waals surface area contributed by atoms with Crippen molar-refractivity contribution in [3.8, 4) is 11.3 Å². The van der Waals surface area contributed by atoms with Crippen LogP contribution in [0.25, 0.3) is 11.3 Å². The first-order valence-corrected chi connectivity index (χ1v) is 14.5. The van der Waals surface area contributed by atoms with Gasteiger partial charge in [-0.3, -0.25) is 14.6 Å². The van der Waals surface area contributed by atoms with Crippen molar-refractivity contribution >= 4 is 35.2 Å². The molecule has 4 aromatic rings. The number of nitrogens with zero attached hydrogens (tertiary/aromatic N) is 6. The Kier molecular flexibility index (Phi) is 7.93. The standard InChI is InChI=1S/C29H26FN7O.C4H6O2/c1-35-28(38)25-26(31-20-7-3-2-4-8-20)36(34-27(25)37-23-11-5-10-22(23)33-29(35)37)17-18-13-15-19(16-14-18)21-9-6-12-24(30)32-21;1-2-3-4(5)6/h2-4,6-9,12-16,22-23,31H,5,10-11,17H2,1H3;2-3H,1H3,(H,5,6)/b;3-2+/t22-,23+;/m1./s1. The van der Waals surface area contributed by atoms with Crippen LogP contribution in [-0.4, -0.2) is 61.7 Å². The second kappa shape index (κ2) is 12.1. The zero-order valence-electron chi connectivity index (χ0n) is 24.4. The lowest BCUT2D eigenvalue weighted by Gasteiger charge is -2.34. The third-order valence-corrected chi connectivity index (χ3v) is 7.90. The van der Waals surface area contributed by atoms with Gasteiger partial charge in [-0.2, -0.15) is 9.49 Å². The molecule has 7 rings (SSSR count). The normalized spacial score (nSPS) is 18.3. The Morgan fingerprint density at radius 1 is 1.07 bits per heavy atom. The number of amides is 1. The van der Waals surface area contributed by atoms with Crippen LogP contribution in [0.4, 0.5) is 21.7 Å². The SMILES string of the molecule is C/C=C/C(=O)O.CN1C(=O)c2c(nn(Cc3ccc(-c4cccc(F)n4)cc3)c2Nc2ccccc2)N2C1=N[C@@H]1CCC[C@@H]12. The monoisotopic (exact) mass is 593 g/mol. The van der Waals surface area contributed by atoms with Crippen molar-refractivity contribution in [1.29, 1.82) is 0 Å². The summed E-state index contributed by atoms with van der Waals surface area (Å²) in [5.74, 6) is 0.499. The summed E-state index contributed by atoms with van der Waals surface area (Å²) in [5, 5.41) is 16.3. The molecule has 2 aromatic carbocycles. The van der Waals surface area contributed by atoms with Gasteiger partial charge in [-0.05, 0) is 56.0 Å². The van der Waals surface area contributed by atoms with Crippen LogP contribution in [0.1, 0.15) is 42.1 Å². The Bertz CT molecular complexity index is 1750. The molecule has 1 amide bonds. The summed E-state index contributed by atoms with van der Waals surface area (Å²) >= 11 is 0. The predicted molar refractivity (Wildman–Crippen MR) is 167 cm³/mol. The fraction of sp³-hybridized carbons (Fsp3) is 0.242. The zero-order valence-corrected chi connectivity index (χ0v) is 24.4. The smallest absolute Gasteiger partial charge is 0.327 e. The average molecular weight is 594 g/mol. The summed E-state index contributed by atoms with van der Waals surface area (Å²) in [7, 11) is 1.79. The molecule has 3 aliphatic rings. The van der Waals surface area contributed by atoms with Gasteiger partial charge in [-0.15, -0.1) is 0 Å². The number of aromatic nitrogens is 3. The van der Waals surface area contributed by atoms with Gasteiger partial charge in [0, 0.05) is 24.4 Å². The van der Waals surface area contributed by atoms with E-state index in [0.717, 1.165) is 42.2 Å². The van der Waals surface area contributed by atoms with E-state index in [4.69, 9.17) is 15.2 Å². The van der Waals surface area contributed by atoms with Crippen molar-refractivity contribution in [2.75, 3.05) is 17.3 Å². The highest BCUT2D eigenvalue weighted by molar-refractivity contribution is 6.21. The van der Waals surface area contributed by atoms with E-state index in [1.165, 1.54) is 12.1 Å². The molecule has 2 aromatic heterocycles. The van der Waals surface area contributed by atoms with Crippen LogP contribution in [-0.2, 0) is 11.3 Å². The second-order valence-corrected chi connectivity index (χ2v) is 10.8. The maximum absolute atomic E-state index is 13.7. The first kappa shape index (κ1) is 28.8. The van der Waals surface area contributed by atoms with Crippen LogP contribution in [0.5, 0.6) is 0 Å². The number of aliphatic carboxylic acids is 1. The lowest BCUT2D eigenvalue weighted by molar-refractivity contribution is -0.131. The van der Waals surface area contributed by atoms with Gasteiger partial charge < -0.3 is 10.4 Å². The molecule has 0 unspecified atom stereocenters. The number of anilines is 3. The van der Waals surface area contributed by atoms with E-state index in [-0.39, 0.29) is 18.0 Å². The number of aliphatic imine (C=N–C) groups is 1. The second-order valence-electron chi connectivity index (χ2n) is 10.8. The van der Waals surface area contributed by atoms with E-state index in [9.17, 15) is 14.0 Å². The van der Waals surface area contributed by atoms with Crippen LogP contribution in [0.2, 0.25) is 0 Å². The van der Waals surface area contributed by atoms with Gasteiger partial charge >= 0.3 is 5.97 Å². The number of benzene rings is 2. The Hall–Kier alpha value is -5.32. The Balaban J connectivity index is 0.000000523. The van der Waals surface area contributed by atoms with E-state index >= 15 is 0 Å². The molecule has 1 fully saturated rings. The van der Waals surface area contributed by atoms with Gasteiger partial charge in [0.1, 0.15) is 11.4 Å². The molecule has 0 spiro atoms. The summed E-state index contributed by atoms with van der Waals surface area (Å²) < 4.78 is 15.5. The van der Waals surface area contributed by atoms with Crippen LogP contribution >= 0.6 is 0 Å². The highest BCUT2D eigenvalue weighted by Gasteiger charge is 2.49. The third-order valence-electron chi connectivity index (χ3n) is 7.90. The van der Waals surface area contributed by atoms with Crippen molar-refractivity contribution in [3.05, 3.63) is 102 Å². The molecule has 2 aliphatic heterocycles. The fourth-order valence-electron chi connectivity index (χ4n) is 5.87. The van der Waals surface area contributed by atoms with Crippen LogP contribution in [0, 0.1) is 5.95 Å². The first-order chi connectivity index (χ1) is 21.3. The van der Waals surface area contributed by atoms with E-state index < -0.39 is 11.9 Å². The van der Waals surface area contributed by atoms with Crippen LogP contribution in [0.3, 0.4) is 0 Å². The van der Waals surface area contributed by atoms with E-state index in [0.29, 0.717) is 35.4 Å². The van der Waals surface area contributed by atoms with Gasteiger partial charge in [-0.1, -0.05) is 54.6 Å². The largest absolute Gasteiger partial charge is 0.478 e. The van der Waals surface area contributed by atoms with Crippen molar-refractivity contribution in [2.24, 2.45) is 4.99 Å². The number of para-hydroxylation sites is 1. The lowest BCUT2D eigenvalue weighted by atomic mass is 10.1. The molecular formula is C33H32FN7O3. The highest BCUT2D eigenvalue weighted by Crippen LogP contribution is 2.43. The summed E-state index contributed by atoms with van der Waals surface area (Å²) in [4.78, 5) is 35.9. The Morgan fingerprint density at radius 2 is 1.84 bits per heavy atom. The number of fused-ring (bicyclic) bond motifs is 5. The van der Waals surface area contributed by atoms with Gasteiger partial charge in [-0.25, -0.2) is 19.5 Å². The third kappa shape index (κ3) is 5.56. The molecular weight excluding hydrogens is 561 g/mol. The summed E-state index contributed by atoms with van der Waals surface area (Å²) in [6.45, 7) is 2.11. The molecule has 1 aliphatic carbocycles. The van der Waals surface area contributed by atoms with Crippen molar-refractivity contribution in [1.82, 2.24) is 19.7 Å². The Morgan fingerprint density at radius 3 is 2.52 bits per heavy atom. The maximum atomic E-state index is 13.7. The van der Waals surface area contributed by atoms with Gasteiger partial charge in [0.2, 0.25) is 11.9 Å². The minimum atomic E-state index is -0.891. The van der Waals surface area contributed by atoms with E-state index in [2.05, 4.69) is 15.2 Å². The minimum Gasteiger partial charge on any atom is -0.478 e. The van der Waals surface area contributed by atoms with E-state index in [1.807, 2.05) is 59.3 Å². The topological polar surface area (TPSA) is 116 Å². The number of allylic oxidation sites excluding steroid dienone is 1. The summed E-state index contributed by atoms with van der Waals surface area (Å²) in [6.07, 6.45) is 5.74. The molecule has 11 heteroatoms. The molecule has 2 N–H and O–H groups in total. The number of carboxylic acid groups (broad SMARTS) is 1. The molecule has 224 valence electrons. The summed E-state index contributed by atoms with van der Waals surface area (Å²) in [6, 6.07) is 22.8. The number of rotatable bonds is 6.